The van der Waals surface area contributed by atoms with Crippen molar-refractivity contribution in [2.24, 2.45) is 0 Å². The predicted octanol–water partition coefficient (Wildman–Crippen LogP) is 1.61. The highest BCUT2D eigenvalue weighted by atomic mass is 35.5. The number of hydrogen-bond donors (Lipinski definition) is 2. The van der Waals surface area contributed by atoms with Crippen LogP contribution in [-0.4, -0.2) is 26.1 Å². The molecular weight excluding hydrogens is 288 g/mol. The first-order valence-corrected chi connectivity index (χ1v) is 7.79. The molecule has 0 heterocycles. The quantitative estimate of drug-likeness (QED) is 0.809. The molecule has 0 aliphatic rings. The zero-order valence-corrected chi connectivity index (χ0v) is 12.4. The average molecular weight is 305 g/mol. The number of benzene rings is 1. The minimum absolute atomic E-state index is 0.0233. The summed E-state index contributed by atoms with van der Waals surface area (Å²) in [5.41, 5.74) is 5.88. The van der Waals surface area contributed by atoms with Crippen LogP contribution in [0.4, 0.5) is 5.69 Å². The normalized spacial score (nSPS) is 13.0. The Balaban J connectivity index is 3.06. The first kappa shape index (κ1) is 15.8. The van der Waals surface area contributed by atoms with Crippen molar-refractivity contribution in [3.05, 3.63) is 23.2 Å². The molecule has 1 aromatic carbocycles. The number of anilines is 1. The van der Waals surface area contributed by atoms with Crippen LogP contribution in [0.15, 0.2) is 23.1 Å². The third kappa shape index (κ3) is 3.61. The number of nitrogens with two attached hydrogens (primary N) is 1. The van der Waals surface area contributed by atoms with E-state index in [0.717, 1.165) is 6.42 Å². The second-order valence-electron chi connectivity index (χ2n) is 4.17. The van der Waals surface area contributed by atoms with E-state index in [2.05, 4.69) is 5.32 Å². The number of rotatable bonds is 5. The monoisotopic (exact) mass is 304 g/mol. The van der Waals surface area contributed by atoms with E-state index >= 15 is 0 Å². The summed E-state index contributed by atoms with van der Waals surface area (Å²) in [6.07, 6.45) is 0.737. The smallest absolute Gasteiger partial charge is 0.238 e. The first-order chi connectivity index (χ1) is 8.80. The average Bonchev–Trinajstić information content (AvgIpc) is 2.34. The van der Waals surface area contributed by atoms with E-state index in [9.17, 15) is 13.2 Å². The molecule has 0 bridgehead atoms. The Morgan fingerprint density at radius 3 is 2.63 bits per heavy atom. The summed E-state index contributed by atoms with van der Waals surface area (Å²) >= 11 is 5.88. The van der Waals surface area contributed by atoms with Gasteiger partial charge in [-0.15, -0.1) is 0 Å². The summed E-state index contributed by atoms with van der Waals surface area (Å²) in [7, 11) is -3.82. The fourth-order valence-electron chi connectivity index (χ4n) is 1.47. The largest absolute Gasteiger partial charge is 0.399 e. The molecule has 1 aromatic rings. The van der Waals surface area contributed by atoms with Crippen LogP contribution >= 0.6 is 11.6 Å². The van der Waals surface area contributed by atoms with Gasteiger partial charge in [-0.2, -0.15) is 0 Å². The van der Waals surface area contributed by atoms with Crippen molar-refractivity contribution in [2.45, 2.75) is 30.4 Å². The molecule has 0 aromatic heterocycles. The van der Waals surface area contributed by atoms with Gasteiger partial charge in [0.05, 0.1) is 9.92 Å². The van der Waals surface area contributed by atoms with Crippen LogP contribution in [0.1, 0.15) is 20.3 Å². The number of sulfone groups is 1. The topological polar surface area (TPSA) is 89.3 Å². The SMILES string of the molecule is CCCNC(=O)C(C)S(=O)(=O)c1ccc(N)cc1Cl. The highest BCUT2D eigenvalue weighted by molar-refractivity contribution is 7.92. The van der Waals surface area contributed by atoms with E-state index in [1.54, 1.807) is 0 Å². The Bertz CT molecular complexity index is 572. The van der Waals surface area contributed by atoms with E-state index in [0.29, 0.717) is 12.2 Å². The van der Waals surface area contributed by atoms with Crippen molar-refractivity contribution >= 4 is 33.0 Å². The summed E-state index contributed by atoms with van der Waals surface area (Å²) in [6.45, 7) is 3.66. The molecule has 0 aliphatic carbocycles. The van der Waals surface area contributed by atoms with Crippen molar-refractivity contribution in [2.75, 3.05) is 12.3 Å². The van der Waals surface area contributed by atoms with Crippen LogP contribution in [0.5, 0.6) is 0 Å². The lowest BCUT2D eigenvalue weighted by Gasteiger charge is -2.14. The van der Waals surface area contributed by atoms with Crippen LogP contribution in [0, 0.1) is 0 Å². The number of carbonyl (C=O) groups excluding carboxylic acids is 1. The Kier molecular flexibility index (Phi) is 5.20. The number of carbonyl (C=O) groups is 1. The van der Waals surface area contributed by atoms with Gasteiger partial charge in [0, 0.05) is 12.2 Å². The third-order valence-electron chi connectivity index (χ3n) is 2.65. The number of nitrogens with one attached hydrogen (secondary N) is 1. The highest BCUT2D eigenvalue weighted by Crippen LogP contribution is 2.26. The lowest BCUT2D eigenvalue weighted by molar-refractivity contribution is -0.120. The van der Waals surface area contributed by atoms with Gasteiger partial charge < -0.3 is 11.1 Å². The molecule has 1 rings (SSSR count). The Labute approximate surface area is 118 Å². The maximum absolute atomic E-state index is 12.3. The van der Waals surface area contributed by atoms with Gasteiger partial charge in [-0.25, -0.2) is 8.42 Å². The molecule has 1 unspecified atom stereocenters. The zero-order chi connectivity index (χ0) is 14.6. The zero-order valence-electron chi connectivity index (χ0n) is 10.8. The van der Waals surface area contributed by atoms with Crippen LogP contribution in [0.25, 0.3) is 0 Å². The van der Waals surface area contributed by atoms with Gasteiger partial charge in [-0.05, 0) is 31.5 Å². The summed E-state index contributed by atoms with van der Waals surface area (Å²) < 4.78 is 24.6. The predicted molar refractivity (Wildman–Crippen MR) is 75.8 cm³/mol. The molecule has 0 spiro atoms. The van der Waals surface area contributed by atoms with Crippen LogP contribution in [-0.2, 0) is 14.6 Å². The van der Waals surface area contributed by atoms with Gasteiger partial charge >= 0.3 is 0 Å². The van der Waals surface area contributed by atoms with Gasteiger partial charge in [0.1, 0.15) is 5.25 Å². The van der Waals surface area contributed by atoms with E-state index in [4.69, 9.17) is 17.3 Å². The molecule has 3 N–H and O–H groups in total. The van der Waals surface area contributed by atoms with Gasteiger partial charge in [0.25, 0.3) is 0 Å². The molecule has 0 radical (unpaired) electrons. The molecule has 0 saturated heterocycles. The van der Waals surface area contributed by atoms with Crippen LogP contribution < -0.4 is 11.1 Å². The van der Waals surface area contributed by atoms with Gasteiger partial charge in [-0.3, -0.25) is 4.79 Å². The van der Waals surface area contributed by atoms with Crippen molar-refractivity contribution in [1.29, 1.82) is 0 Å². The Morgan fingerprint density at radius 1 is 1.47 bits per heavy atom. The molecule has 0 aliphatic heterocycles. The van der Waals surface area contributed by atoms with Crippen LogP contribution in [0.3, 0.4) is 0 Å². The van der Waals surface area contributed by atoms with Gasteiger partial charge in [0.2, 0.25) is 5.91 Å². The number of nitrogen functional groups attached to an aromatic ring is 1. The molecule has 5 nitrogen and oxygen atoms in total. The fourth-order valence-corrected chi connectivity index (χ4v) is 3.32. The lowest BCUT2D eigenvalue weighted by Crippen LogP contribution is -2.38. The van der Waals surface area contributed by atoms with Crippen molar-refractivity contribution < 1.29 is 13.2 Å². The molecule has 1 atom stereocenters. The lowest BCUT2D eigenvalue weighted by atomic mass is 10.3. The summed E-state index contributed by atoms with van der Waals surface area (Å²) in [6, 6.07) is 4.11. The molecule has 0 saturated carbocycles. The highest BCUT2D eigenvalue weighted by Gasteiger charge is 2.31. The molecule has 7 heteroatoms. The second-order valence-corrected chi connectivity index (χ2v) is 6.81. The molecule has 0 fully saturated rings. The minimum atomic E-state index is -3.82. The fraction of sp³-hybridized carbons (Fsp3) is 0.417. The minimum Gasteiger partial charge on any atom is -0.399 e. The molecule has 106 valence electrons. The van der Waals surface area contributed by atoms with Gasteiger partial charge in [0.15, 0.2) is 9.84 Å². The summed E-state index contributed by atoms with van der Waals surface area (Å²) in [5.74, 6) is -0.533. The maximum Gasteiger partial charge on any atom is 0.238 e. The molecule has 19 heavy (non-hydrogen) atoms. The number of halogens is 1. The van der Waals surface area contributed by atoms with E-state index in [1.807, 2.05) is 6.92 Å². The Hall–Kier alpha value is -1.27. The number of hydrogen-bond acceptors (Lipinski definition) is 4. The van der Waals surface area contributed by atoms with E-state index < -0.39 is 21.0 Å². The van der Waals surface area contributed by atoms with Crippen LogP contribution in [0.2, 0.25) is 5.02 Å². The standard InChI is InChI=1S/C12H17ClN2O3S/c1-3-6-15-12(16)8(2)19(17,18)11-5-4-9(14)7-10(11)13/h4-5,7-8H,3,6,14H2,1-2H3,(H,15,16). The van der Waals surface area contributed by atoms with E-state index in [-0.39, 0.29) is 9.92 Å². The first-order valence-electron chi connectivity index (χ1n) is 5.87. The second kappa shape index (κ2) is 6.25. The van der Waals surface area contributed by atoms with E-state index in [1.165, 1.54) is 25.1 Å². The van der Waals surface area contributed by atoms with Crippen molar-refractivity contribution in [3.8, 4) is 0 Å². The number of amides is 1. The maximum atomic E-state index is 12.3. The van der Waals surface area contributed by atoms with Crippen molar-refractivity contribution in [1.82, 2.24) is 5.32 Å². The summed E-state index contributed by atoms with van der Waals surface area (Å²) in [5, 5.41) is 1.38. The third-order valence-corrected chi connectivity index (χ3v) is 5.19. The van der Waals surface area contributed by atoms with Crippen molar-refractivity contribution in [3.63, 3.8) is 0 Å². The molecular formula is C12H17ClN2O3S. The van der Waals surface area contributed by atoms with Gasteiger partial charge in [-0.1, -0.05) is 18.5 Å². The molecule has 1 amide bonds. The summed E-state index contributed by atoms with van der Waals surface area (Å²) in [4.78, 5) is 11.7. The Morgan fingerprint density at radius 2 is 2.11 bits per heavy atom.